The largest absolute Gasteiger partial charge is 0.469 e. The van der Waals surface area contributed by atoms with Crippen molar-refractivity contribution in [1.29, 1.82) is 0 Å². The van der Waals surface area contributed by atoms with Crippen molar-refractivity contribution in [3.63, 3.8) is 0 Å². The van der Waals surface area contributed by atoms with Crippen LogP contribution in [0.1, 0.15) is 39.5 Å². The Hall–Kier alpha value is -0.790. The maximum Gasteiger partial charge on any atom is 0.309 e. The molecule has 3 aliphatic rings. The van der Waals surface area contributed by atoms with Gasteiger partial charge in [0.25, 0.3) is 0 Å². The van der Waals surface area contributed by atoms with E-state index in [0.717, 1.165) is 6.42 Å². The predicted octanol–water partition coefficient (Wildman–Crippen LogP) is 3.18. The van der Waals surface area contributed by atoms with Gasteiger partial charge >= 0.3 is 5.97 Å². The molecule has 2 heteroatoms. The lowest BCUT2D eigenvalue weighted by Gasteiger charge is -2.24. The zero-order valence-electron chi connectivity index (χ0n) is 11.0. The first-order chi connectivity index (χ1) is 8.03. The zero-order chi connectivity index (χ0) is 12.2. The van der Waals surface area contributed by atoms with Crippen molar-refractivity contribution in [3.05, 3.63) is 11.6 Å². The van der Waals surface area contributed by atoms with E-state index in [-0.39, 0.29) is 11.9 Å². The van der Waals surface area contributed by atoms with Crippen LogP contribution in [0.3, 0.4) is 0 Å². The molecule has 3 rings (SSSR count). The van der Waals surface area contributed by atoms with E-state index < -0.39 is 0 Å². The lowest BCUT2D eigenvalue weighted by atomic mass is 9.81. The quantitative estimate of drug-likeness (QED) is 0.514. The van der Waals surface area contributed by atoms with Crippen molar-refractivity contribution < 1.29 is 9.53 Å². The molecule has 0 saturated heterocycles. The van der Waals surface area contributed by atoms with Crippen LogP contribution in [0.2, 0.25) is 0 Å². The SMILES string of the molecule is COC(=O)C1C2CCC=C2C2CC(C)(C)CC21. The average Bonchev–Trinajstić information content (AvgIpc) is 2.87. The average molecular weight is 234 g/mol. The first-order valence-electron chi connectivity index (χ1n) is 6.81. The van der Waals surface area contributed by atoms with E-state index in [0.29, 0.717) is 23.2 Å². The second-order valence-corrected chi connectivity index (χ2v) is 6.78. The molecule has 2 nitrogen and oxygen atoms in total. The number of carbonyl (C=O) groups is 1. The Kier molecular flexibility index (Phi) is 2.39. The van der Waals surface area contributed by atoms with Crippen LogP contribution in [0.4, 0.5) is 0 Å². The van der Waals surface area contributed by atoms with E-state index in [2.05, 4.69) is 19.9 Å². The monoisotopic (exact) mass is 234 g/mol. The molecular formula is C15H22O2. The van der Waals surface area contributed by atoms with Crippen LogP contribution in [0.5, 0.6) is 0 Å². The van der Waals surface area contributed by atoms with Crippen molar-refractivity contribution in [2.45, 2.75) is 39.5 Å². The molecule has 17 heavy (non-hydrogen) atoms. The number of methoxy groups -OCH3 is 1. The summed E-state index contributed by atoms with van der Waals surface area (Å²) in [7, 11) is 1.54. The van der Waals surface area contributed by atoms with Gasteiger partial charge in [0, 0.05) is 0 Å². The Morgan fingerprint density at radius 3 is 2.82 bits per heavy atom. The summed E-state index contributed by atoms with van der Waals surface area (Å²) in [6.07, 6.45) is 7.19. The van der Waals surface area contributed by atoms with Gasteiger partial charge in [-0.25, -0.2) is 0 Å². The highest BCUT2D eigenvalue weighted by molar-refractivity contribution is 5.75. The molecule has 0 amide bonds. The van der Waals surface area contributed by atoms with Gasteiger partial charge in [-0.15, -0.1) is 0 Å². The molecule has 4 unspecified atom stereocenters. The van der Waals surface area contributed by atoms with Crippen LogP contribution >= 0.6 is 0 Å². The maximum absolute atomic E-state index is 12.1. The number of hydrogen-bond donors (Lipinski definition) is 0. The molecule has 4 atom stereocenters. The summed E-state index contributed by atoms with van der Waals surface area (Å²) in [5, 5.41) is 0. The smallest absolute Gasteiger partial charge is 0.309 e. The van der Waals surface area contributed by atoms with E-state index in [4.69, 9.17) is 4.74 Å². The Morgan fingerprint density at radius 2 is 2.12 bits per heavy atom. The number of ether oxygens (including phenoxy) is 1. The minimum absolute atomic E-state index is 0.0352. The van der Waals surface area contributed by atoms with Crippen molar-refractivity contribution in [2.75, 3.05) is 7.11 Å². The van der Waals surface area contributed by atoms with Crippen LogP contribution < -0.4 is 0 Å². The Balaban J connectivity index is 1.94. The van der Waals surface area contributed by atoms with E-state index in [1.54, 1.807) is 5.57 Å². The number of carbonyl (C=O) groups excluding carboxylic acids is 1. The standard InChI is InChI=1S/C15H22O2/c1-15(2)7-11-9-5-4-6-10(9)13(12(11)8-15)14(16)17-3/h5,10-13H,4,6-8H2,1-3H3. The van der Waals surface area contributed by atoms with Crippen LogP contribution in [0.15, 0.2) is 11.6 Å². The Labute approximate surface area is 103 Å². The lowest BCUT2D eigenvalue weighted by molar-refractivity contribution is -0.148. The molecule has 0 spiro atoms. The maximum atomic E-state index is 12.1. The highest BCUT2D eigenvalue weighted by atomic mass is 16.5. The second-order valence-electron chi connectivity index (χ2n) is 6.78. The highest BCUT2D eigenvalue weighted by Crippen LogP contribution is 2.62. The van der Waals surface area contributed by atoms with Gasteiger partial charge in [-0.1, -0.05) is 25.5 Å². The van der Waals surface area contributed by atoms with Crippen LogP contribution in [0.25, 0.3) is 0 Å². The van der Waals surface area contributed by atoms with Gasteiger partial charge in [0.15, 0.2) is 0 Å². The number of esters is 1. The van der Waals surface area contributed by atoms with Gasteiger partial charge in [-0.2, -0.15) is 0 Å². The summed E-state index contributed by atoms with van der Waals surface area (Å²) in [6.45, 7) is 4.67. The Bertz CT molecular complexity index is 380. The minimum atomic E-state index is 0.0352. The molecule has 0 heterocycles. The van der Waals surface area contributed by atoms with Gasteiger partial charge in [0.2, 0.25) is 0 Å². The summed E-state index contributed by atoms with van der Waals surface area (Å²) in [5.41, 5.74) is 1.99. The number of hydrogen-bond acceptors (Lipinski definition) is 2. The molecule has 0 bridgehead atoms. The van der Waals surface area contributed by atoms with Crippen molar-refractivity contribution in [2.24, 2.45) is 29.1 Å². The molecule has 0 N–H and O–H groups in total. The van der Waals surface area contributed by atoms with Crippen molar-refractivity contribution in [1.82, 2.24) is 0 Å². The summed E-state index contributed by atoms with van der Waals surface area (Å²) < 4.78 is 5.05. The van der Waals surface area contributed by atoms with E-state index in [1.165, 1.54) is 26.4 Å². The summed E-state index contributed by atoms with van der Waals surface area (Å²) in [6, 6.07) is 0. The third-order valence-corrected chi connectivity index (χ3v) is 5.16. The number of fused-ring (bicyclic) bond motifs is 3. The molecule has 2 saturated carbocycles. The lowest BCUT2D eigenvalue weighted by Crippen LogP contribution is -2.27. The third-order valence-electron chi connectivity index (χ3n) is 5.16. The fourth-order valence-electron chi connectivity index (χ4n) is 4.69. The first-order valence-corrected chi connectivity index (χ1v) is 6.81. The van der Waals surface area contributed by atoms with Crippen LogP contribution in [0, 0.1) is 29.1 Å². The van der Waals surface area contributed by atoms with Gasteiger partial charge in [0.05, 0.1) is 13.0 Å². The predicted molar refractivity (Wildman–Crippen MR) is 66.3 cm³/mol. The Morgan fingerprint density at radius 1 is 1.35 bits per heavy atom. The molecule has 0 aliphatic heterocycles. The van der Waals surface area contributed by atoms with Crippen molar-refractivity contribution >= 4 is 5.97 Å². The first kappa shape index (κ1) is 11.3. The topological polar surface area (TPSA) is 26.3 Å². The number of allylic oxidation sites excluding steroid dienone is 2. The molecular weight excluding hydrogens is 212 g/mol. The summed E-state index contributed by atoms with van der Waals surface area (Å²) >= 11 is 0. The second kappa shape index (κ2) is 3.60. The third kappa shape index (κ3) is 1.56. The molecule has 3 aliphatic carbocycles. The van der Waals surface area contributed by atoms with Crippen molar-refractivity contribution in [3.8, 4) is 0 Å². The zero-order valence-corrected chi connectivity index (χ0v) is 11.0. The van der Waals surface area contributed by atoms with Crippen LogP contribution in [-0.4, -0.2) is 13.1 Å². The molecule has 2 fully saturated rings. The van der Waals surface area contributed by atoms with Gasteiger partial charge in [-0.3, -0.25) is 4.79 Å². The van der Waals surface area contributed by atoms with Gasteiger partial charge in [0.1, 0.15) is 0 Å². The number of rotatable bonds is 1. The van der Waals surface area contributed by atoms with E-state index >= 15 is 0 Å². The minimum Gasteiger partial charge on any atom is -0.469 e. The fourth-order valence-corrected chi connectivity index (χ4v) is 4.69. The van der Waals surface area contributed by atoms with E-state index in [1.807, 2.05) is 0 Å². The molecule has 0 aromatic heterocycles. The van der Waals surface area contributed by atoms with Crippen LogP contribution in [-0.2, 0) is 9.53 Å². The fraction of sp³-hybridized carbons (Fsp3) is 0.800. The normalized spacial score (nSPS) is 41.9. The highest BCUT2D eigenvalue weighted by Gasteiger charge is 2.56. The van der Waals surface area contributed by atoms with Gasteiger partial charge in [-0.05, 0) is 48.9 Å². The molecule has 0 aromatic rings. The molecule has 0 radical (unpaired) electrons. The van der Waals surface area contributed by atoms with Gasteiger partial charge < -0.3 is 4.74 Å². The van der Waals surface area contributed by atoms with E-state index in [9.17, 15) is 4.79 Å². The molecule has 94 valence electrons. The molecule has 0 aromatic carbocycles. The summed E-state index contributed by atoms with van der Waals surface area (Å²) in [5.74, 6) is 1.91. The summed E-state index contributed by atoms with van der Waals surface area (Å²) in [4.78, 5) is 12.1.